The van der Waals surface area contributed by atoms with Gasteiger partial charge in [0, 0.05) is 32.7 Å². The smallest absolute Gasteiger partial charge is 0.404 e. The fourth-order valence-corrected chi connectivity index (χ4v) is 2.54. The molecule has 4 N–H and O–H groups in total. The van der Waals surface area contributed by atoms with Crippen LogP contribution in [0.5, 0.6) is 0 Å². The highest BCUT2D eigenvalue weighted by Crippen LogP contribution is 2.31. The lowest BCUT2D eigenvalue weighted by Gasteiger charge is -2.40. The molecule has 8 heteroatoms. The van der Waals surface area contributed by atoms with Crippen molar-refractivity contribution in [3.05, 3.63) is 16.4 Å². The van der Waals surface area contributed by atoms with Gasteiger partial charge < -0.3 is 21.1 Å². The van der Waals surface area contributed by atoms with Crippen LogP contribution in [0.15, 0.2) is 10.9 Å². The molecule has 0 aliphatic carbocycles. The number of piperidine rings is 1. The van der Waals surface area contributed by atoms with Crippen LogP contribution in [0, 0.1) is 5.41 Å². The summed E-state index contributed by atoms with van der Waals surface area (Å²) in [6.07, 6.45) is 0.633. The molecule has 1 amide bonds. The third-order valence-electron chi connectivity index (χ3n) is 4.05. The second-order valence-corrected chi connectivity index (χ2v) is 5.83. The molecule has 0 spiro atoms. The fourth-order valence-electron chi connectivity index (χ4n) is 2.54. The van der Waals surface area contributed by atoms with Gasteiger partial charge in [-0.15, -0.1) is 0 Å². The molecular formula is C13H21N5O3. The van der Waals surface area contributed by atoms with Gasteiger partial charge in [0.1, 0.15) is 5.82 Å². The molecule has 0 unspecified atom stereocenters. The Morgan fingerprint density at radius 2 is 2.14 bits per heavy atom. The number of hydrogen-bond acceptors (Lipinski definition) is 5. The van der Waals surface area contributed by atoms with Gasteiger partial charge in [-0.1, -0.05) is 6.92 Å². The molecule has 2 heterocycles. The minimum atomic E-state index is -1.00. The highest BCUT2D eigenvalue weighted by molar-refractivity contribution is 5.64. The Labute approximate surface area is 122 Å². The Balaban J connectivity index is 2.07. The summed E-state index contributed by atoms with van der Waals surface area (Å²) in [6.45, 7) is 3.91. The van der Waals surface area contributed by atoms with Crippen molar-refractivity contribution >= 4 is 17.9 Å². The molecule has 1 aliphatic rings. The number of nitrogens with zero attached hydrogens (tertiary/aromatic N) is 3. The zero-order valence-electron chi connectivity index (χ0n) is 12.3. The molecule has 116 valence electrons. The largest absolute Gasteiger partial charge is 0.465 e. The number of rotatable bonds is 3. The van der Waals surface area contributed by atoms with E-state index in [1.54, 1.807) is 7.05 Å². The van der Waals surface area contributed by atoms with Gasteiger partial charge in [-0.2, -0.15) is 4.98 Å². The summed E-state index contributed by atoms with van der Waals surface area (Å²) in [4.78, 5) is 28.6. The quantitative estimate of drug-likeness (QED) is 0.736. The van der Waals surface area contributed by atoms with Crippen LogP contribution in [0.3, 0.4) is 0 Å². The fraction of sp³-hybridized carbons (Fsp3) is 0.615. The van der Waals surface area contributed by atoms with Crippen LogP contribution in [0.2, 0.25) is 0 Å². The zero-order chi connectivity index (χ0) is 15.6. The van der Waals surface area contributed by atoms with Gasteiger partial charge in [-0.25, -0.2) is 4.79 Å². The summed E-state index contributed by atoms with van der Waals surface area (Å²) in [7, 11) is 1.67. The SMILES string of the molecule is Cn1c(N2CCC(C)(CNC(=O)O)CC2)nc(N)cc1=O. The number of aromatic nitrogens is 2. The first-order valence-corrected chi connectivity index (χ1v) is 6.86. The Morgan fingerprint density at radius 3 is 2.71 bits per heavy atom. The lowest BCUT2D eigenvalue weighted by atomic mass is 9.80. The summed E-state index contributed by atoms with van der Waals surface area (Å²) in [5.74, 6) is 0.780. The van der Waals surface area contributed by atoms with Gasteiger partial charge in [0.15, 0.2) is 0 Å². The van der Waals surface area contributed by atoms with E-state index >= 15 is 0 Å². The Bertz CT molecular complexity index is 590. The van der Waals surface area contributed by atoms with Gasteiger partial charge in [0.25, 0.3) is 5.56 Å². The van der Waals surface area contributed by atoms with E-state index in [0.29, 0.717) is 25.6 Å². The molecule has 0 bridgehead atoms. The average Bonchev–Trinajstić information content (AvgIpc) is 2.42. The lowest BCUT2D eigenvalue weighted by Crippen LogP contribution is -2.46. The second-order valence-electron chi connectivity index (χ2n) is 5.83. The van der Waals surface area contributed by atoms with Crippen LogP contribution < -0.4 is 21.5 Å². The van der Waals surface area contributed by atoms with E-state index in [1.165, 1.54) is 10.6 Å². The number of nitrogens with two attached hydrogens (primary N) is 1. The molecular weight excluding hydrogens is 274 g/mol. The molecule has 0 saturated carbocycles. The van der Waals surface area contributed by atoms with Crippen molar-refractivity contribution in [1.82, 2.24) is 14.9 Å². The summed E-state index contributed by atoms with van der Waals surface area (Å²) < 4.78 is 1.48. The third-order valence-corrected chi connectivity index (χ3v) is 4.05. The molecule has 0 radical (unpaired) electrons. The van der Waals surface area contributed by atoms with E-state index in [0.717, 1.165) is 12.8 Å². The summed E-state index contributed by atoms with van der Waals surface area (Å²) in [5, 5.41) is 11.1. The van der Waals surface area contributed by atoms with E-state index in [1.807, 2.05) is 4.90 Å². The number of carboxylic acid groups (broad SMARTS) is 1. The highest BCUT2D eigenvalue weighted by Gasteiger charge is 2.31. The van der Waals surface area contributed by atoms with E-state index in [4.69, 9.17) is 10.8 Å². The van der Waals surface area contributed by atoms with Crippen molar-refractivity contribution < 1.29 is 9.90 Å². The van der Waals surface area contributed by atoms with Gasteiger partial charge in [0.05, 0.1) is 0 Å². The van der Waals surface area contributed by atoms with Crippen LogP contribution in [0.4, 0.5) is 16.6 Å². The first-order valence-electron chi connectivity index (χ1n) is 6.86. The standard InChI is InChI=1S/C13H21N5O3/c1-13(8-15-12(20)21)3-5-18(6-4-13)11-16-9(14)7-10(19)17(11)2/h7,15H,3-6,8,14H2,1-2H3,(H,20,21). The zero-order valence-corrected chi connectivity index (χ0v) is 12.3. The van der Waals surface area contributed by atoms with E-state index < -0.39 is 6.09 Å². The second kappa shape index (κ2) is 5.63. The molecule has 1 aromatic heterocycles. The number of amides is 1. The van der Waals surface area contributed by atoms with Crippen LogP contribution >= 0.6 is 0 Å². The summed E-state index contributed by atoms with van der Waals surface area (Å²) in [6, 6.07) is 1.30. The van der Waals surface area contributed by atoms with Crippen LogP contribution in [-0.4, -0.2) is 40.4 Å². The van der Waals surface area contributed by atoms with E-state index in [-0.39, 0.29) is 16.8 Å². The van der Waals surface area contributed by atoms with Gasteiger partial charge in [-0.05, 0) is 18.3 Å². The molecule has 8 nitrogen and oxygen atoms in total. The van der Waals surface area contributed by atoms with Crippen molar-refractivity contribution in [1.29, 1.82) is 0 Å². The predicted molar refractivity (Wildman–Crippen MR) is 79.5 cm³/mol. The Morgan fingerprint density at radius 1 is 1.52 bits per heavy atom. The van der Waals surface area contributed by atoms with Gasteiger partial charge in [0.2, 0.25) is 5.95 Å². The number of nitrogens with one attached hydrogen (secondary N) is 1. The average molecular weight is 295 g/mol. The number of nitrogen functional groups attached to an aromatic ring is 1. The number of hydrogen-bond donors (Lipinski definition) is 3. The van der Waals surface area contributed by atoms with E-state index in [9.17, 15) is 9.59 Å². The van der Waals surface area contributed by atoms with Crippen molar-refractivity contribution in [3.8, 4) is 0 Å². The molecule has 21 heavy (non-hydrogen) atoms. The minimum absolute atomic E-state index is 0.0753. The van der Waals surface area contributed by atoms with Crippen LogP contribution in [0.1, 0.15) is 19.8 Å². The Hall–Kier alpha value is -2.25. The molecule has 0 atom stereocenters. The maximum atomic E-state index is 11.7. The molecule has 1 fully saturated rings. The summed E-state index contributed by atoms with van der Waals surface area (Å²) >= 11 is 0. The molecule has 1 aromatic rings. The predicted octanol–water partition coefficient (Wildman–Crippen LogP) is 0.237. The van der Waals surface area contributed by atoms with E-state index in [2.05, 4.69) is 17.2 Å². The molecule has 2 rings (SSSR count). The topological polar surface area (TPSA) is 113 Å². The lowest BCUT2D eigenvalue weighted by molar-refractivity contribution is 0.178. The molecule has 1 saturated heterocycles. The van der Waals surface area contributed by atoms with Crippen LogP contribution in [-0.2, 0) is 7.05 Å². The van der Waals surface area contributed by atoms with Crippen molar-refractivity contribution in [3.63, 3.8) is 0 Å². The van der Waals surface area contributed by atoms with Gasteiger partial charge >= 0.3 is 6.09 Å². The third kappa shape index (κ3) is 3.45. The maximum Gasteiger partial charge on any atom is 0.404 e. The first kappa shape index (κ1) is 15.1. The Kier molecular flexibility index (Phi) is 4.06. The minimum Gasteiger partial charge on any atom is -0.465 e. The van der Waals surface area contributed by atoms with Crippen molar-refractivity contribution in [2.24, 2.45) is 12.5 Å². The highest BCUT2D eigenvalue weighted by atomic mass is 16.4. The normalized spacial score (nSPS) is 17.5. The van der Waals surface area contributed by atoms with Gasteiger partial charge in [-0.3, -0.25) is 9.36 Å². The molecule has 1 aliphatic heterocycles. The maximum absolute atomic E-state index is 11.7. The number of anilines is 2. The van der Waals surface area contributed by atoms with Crippen LogP contribution in [0.25, 0.3) is 0 Å². The van der Waals surface area contributed by atoms with Crippen molar-refractivity contribution in [2.45, 2.75) is 19.8 Å². The molecule has 0 aromatic carbocycles. The monoisotopic (exact) mass is 295 g/mol. The van der Waals surface area contributed by atoms with Crippen molar-refractivity contribution in [2.75, 3.05) is 30.3 Å². The first-order chi connectivity index (χ1) is 9.81. The summed E-state index contributed by atoms with van der Waals surface area (Å²) in [5.41, 5.74) is 5.39. The number of carbonyl (C=O) groups is 1.